The maximum atomic E-state index is 14.0. The maximum absolute atomic E-state index is 14.0. The minimum atomic E-state index is -2.20. The number of nitrogens with zero attached hydrogens (tertiary/aromatic N) is 2. The number of aliphatic hydroxyl groups is 3. The number of likely N-dealkylation sites (tertiary alicyclic amines) is 1. The number of carboxylic acid groups (broad SMARTS) is 4. The molecule has 15 amide bonds. The van der Waals surface area contributed by atoms with Crippen molar-refractivity contribution >= 4 is 118 Å². The Balaban J connectivity index is 3.33. The van der Waals surface area contributed by atoms with E-state index in [1.54, 1.807) is 0 Å². The van der Waals surface area contributed by atoms with Crippen molar-refractivity contribution in [3.05, 3.63) is 0 Å². The van der Waals surface area contributed by atoms with E-state index in [1.807, 2.05) is 21.3 Å². The molecule has 45 heteroatoms. The summed E-state index contributed by atoms with van der Waals surface area (Å²) >= 11 is 0. The van der Waals surface area contributed by atoms with Gasteiger partial charge in [-0.1, -0.05) is 13.8 Å². The topological polar surface area (TPSA) is 770 Å². The van der Waals surface area contributed by atoms with Gasteiger partial charge in [-0.05, 0) is 57.3 Å². The molecule has 100 heavy (non-hydrogen) atoms. The number of amides is 15. The molecule has 0 aromatic heterocycles. The van der Waals surface area contributed by atoms with Gasteiger partial charge in [-0.15, -0.1) is 0 Å². The van der Waals surface area contributed by atoms with Crippen LogP contribution in [-0.2, 0) is 91.1 Å². The molecule has 1 aliphatic heterocycles. The van der Waals surface area contributed by atoms with E-state index in [1.165, 1.54) is 13.8 Å². The van der Waals surface area contributed by atoms with Crippen LogP contribution in [0.25, 0.3) is 0 Å². The largest absolute Gasteiger partial charge is 0.481 e. The van der Waals surface area contributed by atoms with E-state index in [4.69, 9.17) is 34.4 Å². The lowest BCUT2D eigenvalue weighted by Gasteiger charge is -2.29. The fraction of sp³-hybridized carbons (Fsp3) is 0.636. The summed E-state index contributed by atoms with van der Waals surface area (Å²) in [6.45, 7) is -1.83. The highest BCUT2D eigenvalue weighted by Crippen LogP contribution is 2.20. The van der Waals surface area contributed by atoms with Crippen LogP contribution >= 0.6 is 0 Å². The Labute approximate surface area is 568 Å². The number of carbonyl (C=O) groups is 19. The number of aliphatic imine (C=N–C) groups is 1. The lowest BCUT2D eigenvalue weighted by atomic mass is 10.0. The SMILES string of the molecule is CC(C)[C@H](NC(=O)[C@H](CCC(N)=O)NC(=O)[C@H](CO)NC(=O)[C@H](CO)NC(=O)[C@H](CO)NC(=O)[C@@H]1CCCN1C(=O)[C@H](CC(N)=O)NC(=O)CNC(=O)[C@@H](N)CCCN=C(N)N)C(=O)N[C@@H](CC(=O)O)C(=O)N[C@@H](CCC(=O)O)C(=O)N[C@@H](CCC(=O)O)C(=O)N[C@@H](CCC(N)=O)C(=O)O. The van der Waals surface area contributed by atoms with Gasteiger partial charge in [0.15, 0.2) is 5.96 Å². The summed E-state index contributed by atoms with van der Waals surface area (Å²) in [6.07, 6.45) is -7.32. The van der Waals surface area contributed by atoms with E-state index in [0.717, 1.165) is 4.90 Å². The summed E-state index contributed by atoms with van der Waals surface area (Å²) < 4.78 is 0. The van der Waals surface area contributed by atoms with Crippen molar-refractivity contribution in [2.24, 2.45) is 45.3 Å². The van der Waals surface area contributed by atoms with Gasteiger partial charge in [0.1, 0.15) is 66.5 Å². The lowest BCUT2D eigenvalue weighted by Crippen LogP contribution is -2.62. The molecule has 0 aromatic rings. The first-order valence-corrected chi connectivity index (χ1v) is 30.7. The molecule has 0 spiro atoms. The molecule has 0 bridgehead atoms. The first kappa shape index (κ1) is 87.1. The molecule has 1 aliphatic rings. The minimum absolute atomic E-state index is 0.0700. The second-order valence-corrected chi connectivity index (χ2v) is 22.8. The lowest BCUT2D eigenvalue weighted by molar-refractivity contribution is -0.143. The van der Waals surface area contributed by atoms with Gasteiger partial charge in [-0.3, -0.25) is 91.3 Å². The number of carboxylic acids is 4. The molecule has 0 aliphatic carbocycles. The third-order valence-electron chi connectivity index (χ3n) is 14.5. The molecule has 1 heterocycles. The van der Waals surface area contributed by atoms with Gasteiger partial charge < -0.3 is 134 Å². The zero-order valence-corrected chi connectivity index (χ0v) is 54.4. The highest BCUT2D eigenvalue weighted by molar-refractivity contribution is 6.01. The van der Waals surface area contributed by atoms with Crippen molar-refractivity contribution in [3.8, 4) is 0 Å². The quantitative estimate of drug-likeness (QED) is 0.0153. The van der Waals surface area contributed by atoms with E-state index in [2.05, 4.69) is 42.2 Å². The van der Waals surface area contributed by atoms with Crippen molar-refractivity contribution in [2.75, 3.05) is 39.5 Å². The summed E-state index contributed by atoms with van der Waals surface area (Å²) in [5, 5.41) is 91.9. The van der Waals surface area contributed by atoms with Gasteiger partial charge >= 0.3 is 23.9 Å². The number of guanidine groups is 1. The summed E-state index contributed by atoms with van der Waals surface area (Å²) in [7, 11) is 0. The number of aliphatic hydroxyl groups excluding tert-OH is 3. The summed E-state index contributed by atoms with van der Waals surface area (Å²) in [5.41, 5.74) is 32.1. The fourth-order valence-corrected chi connectivity index (χ4v) is 9.19. The first-order valence-electron chi connectivity index (χ1n) is 30.7. The van der Waals surface area contributed by atoms with Gasteiger partial charge in [0.05, 0.1) is 45.2 Å². The molecule has 45 nitrogen and oxygen atoms in total. The van der Waals surface area contributed by atoms with Crippen molar-refractivity contribution in [3.63, 3.8) is 0 Å². The second kappa shape index (κ2) is 44.1. The summed E-state index contributed by atoms with van der Waals surface area (Å²) in [4.78, 5) is 249. The number of nitrogens with one attached hydrogen (secondary N) is 11. The molecule has 1 rings (SSSR count). The van der Waals surface area contributed by atoms with Crippen LogP contribution in [0.2, 0.25) is 0 Å². The van der Waals surface area contributed by atoms with Crippen molar-refractivity contribution in [2.45, 2.75) is 176 Å². The number of hydrogen-bond donors (Lipinski definition) is 24. The predicted molar refractivity (Wildman–Crippen MR) is 335 cm³/mol. The highest BCUT2D eigenvalue weighted by atomic mass is 16.4. The average molecular weight is 1430 g/mol. The molecule has 0 saturated carbocycles. The molecule has 0 aromatic carbocycles. The monoisotopic (exact) mass is 1430 g/mol. The van der Waals surface area contributed by atoms with Gasteiger partial charge in [0.2, 0.25) is 88.6 Å². The van der Waals surface area contributed by atoms with E-state index >= 15 is 0 Å². The van der Waals surface area contributed by atoms with Crippen LogP contribution in [0.4, 0.5) is 0 Å². The average Bonchev–Trinajstić information content (AvgIpc) is 1.60. The molecule has 1 saturated heterocycles. The van der Waals surface area contributed by atoms with Crippen LogP contribution in [-0.4, -0.2) is 271 Å². The maximum Gasteiger partial charge on any atom is 0.326 e. The Kier molecular flexibility index (Phi) is 38.4. The molecular weight excluding hydrogens is 1340 g/mol. The predicted octanol–water partition coefficient (Wildman–Crippen LogP) is -13.3. The Bertz CT molecular complexity index is 3020. The number of rotatable bonds is 48. The Morgan fingerprint density at radius 2 is 0.860 bits per heavy atom. The van der Waals surface area contributed by atoms with Crippen LogP contribution in [0.1, 0.15) is 104 Å². The minimum Gasteiger partial charge on any atom is -0.481 e. The van der Waals surface area contributed by atoms with Gasteiger partial charge in [0.25, 0.3) is 0 Å². The molecular formula is C55H89N19O26. The molecule has 1 fully saturated rings. The fourth-order valence-electron chi connectivity index (χ4n) is 9.19. The third kappa shape index (κ3) is 32.4. The van der Waals surface area contributed by atoms with Gasteiger partial charge in [-0.25, -0.2) is 4.79 Å². The standard InChI is InChI=1S/C55H89N19O26/c1-23(2)42(52(97)69-29(18-41(86)87)47(92)66-26(9-13-39(82)83)44(89)65-27(10-14-40(84)85)45(90)68-28(54(99)100)8-12-36(58)79)73-46(91)25(7-11-35(57)78)67-48(93)31(20-75)70-49(94)32(21-76)71-50(95)33(22-77)72-51(96)34-6-4-16-74(34)53(98)30(17-37(59)80)64-38(81)19-63-43(88)24(56)5-3-15-62-55(60)61/h23-34,42,75-77H,3-22,56H2,1-2H3,(H2,57,78)(H2,58,79)(H2,59,80)(H,63,88)(H,64,81)(H,65,89)(H,66,92)(H,67,93)(H,68,90)(H,69,97)(H,70,94)(H,71,95)(H,72,96)(H,73,91)(H,82,83)(H,84,85)(H,86,87)(H,99,100)(H4,60,61,62)/t24-,25-,26-,27-,28-,29-,30-,31-,32-,33-,34-,42-/m0/s1. The zero-order chi connectivity index (χ0) is 76.3. The molecule has 0 unspecified atom stereocenters. The molecule has 0 radical (unpaired) electrons. The molecule has 12 atom stereocenters. The van der Waals surface area contributed by atoms with Crippen LogP contribution in [0.15, 0.2) is 4.99 Å². The van der Waals surface area contributed by atoms with Crippen LogP contribution in [0.5, 0.6) is 0 Å². The van der Waals surface area contributed by atoms with Crippen LogP contribution in [0.3, 0.4) is 0 Å². The molecule has 30 N–H and O–H groups in total. The van der Waals surface area contributed by atoms with Crippen LogP contribution in [0, 0.1) is 5.92 Å². The normalized spacial score (nSPS) is 15.7. The van der Waals surface area contributed by atoms with Crippen molar-refractivity contribution < 1.29 is 127 Å². The number of nitrogens with two attached hydrogens (primary N) is 6. The van der Waals surface area contributed by atoms with E-state index in [-0.39, 0.29) is 38.3 Å². The second-order valence-electron chi connectivity index (χ2n) is 22.8. The van der Waals surface area contributed by atoms with Crippen LogP contribution < -0.4 is 92.9 Å². The van der Waals surface area contributed by atoms with Gasteiger partial charge in [0, 0.05) is 38.8 Å². The first-order chi connectivity index (χ1) is 46.8. The third-order valence-corrected chi connectivity index (χ3v) is 14.5. The Morgan fingerprint density at radius 3 is 1.28 bits per heavy atom. The highest BCUT2D eigenvalue weighted by Gasteiger charge is 2.41. The van der Waals surface area contributed by atoms with E-state index in [0.29, 0.717) is 6.42 Å². The smallest absolute Gasteiger partial charge is 0.326 e. The van der Waals surface area contributed by atoms with E-state index < -0.39 is 281 Å². The number of aliphatic carboxylic acids is 4. The summed E-state index contributed by atoms with van der Waals surface area (Å²) in [6, 6.07) is -21.9. The number of carbonyl (C=O) groups excluding carboxylic acids is 15. The van der Waals surface area contributed by atoms with Crippen molar-refractivity contribution in [1.82, 2.24) is 63.4 Å². The zero-order valence-electron chi connectivity index (χ0n) is 54.4. The number of primary amides is 3. The van der Waals surface area contributed by atoms with Gasteiger partial charge in [-0.2, -0.15) is 0 Å². The van der Waals surface area contributed by atoms with E-state index in [9.17, 15) is 127 Å². The van der Waals surface area contributed by atoms with Crippen molar-refractivity contribution in [1.29, 1.82) is 0 Å². The number of hydrogen-bond acceptors (Lipinski definition) is 24. The summed E-state index contributed by atoms with van der Waals surface area (Å²) in [5.74, 6) is -25.7. The Morgan fingerprint density at radius 1 is 0.450 bits per heavy atom. The Hall–Kier alpha value is -11.0. The molecule has 560 valence electrons.